The van der Waals surface area contributed by atoms with E-state index < -0.39 is 0 Å². The fourth-order valence-electron chi connectivity index (χ4n) is 2.86. The molecule has 1 saturated heterocycles. The SMILES string of the molecule is O=C(c1cccn1C1CCCC1)N1CC(O)C1. The monoisotopic (exact) mass is 234 g/mol. The minimum absolute atomic E-state index is 0.0622. The maximum Gasteiger partial charge on any atom is 0.270 e. The topological polar surface area (TPSA) is 45.5 Å². The normalized spacial score (nSPS) is 21.8. The number of hydrogen-bond donors (Lipinski definition) is 1. The number of likely N-dealkylation sites (tertiary alicyclic amines) is 1. The Morgan fingerprint density at radius 3 is 2.65 bits per heavy atom. The van der Waals surface area contributed by atoms with Crippen molar-refractivity contribution in [3.63, 3.8) is 0 Å². The molecule has 4 heteroatoms. The van der Waals surface area contributed by atoms with E-state index in [9.17, 15) is 9.90 Å². The summed E-state index contributed by atoms with van der Waals surface area (Å²) in [4.78, 5) is 13.9. The van der Waals surface area contributed by atoms with Gasteiger partial charge in [-0.1, -0.05) is 12.8 Å². The third-order valence-corrected chi connectivity index (χ3v) is 3.87. The molecular formula is C13H18N2O2. The van der Waals surface area contributed by atoms with Crippen molar-refractivity contribution >= 4 is 5.91 Å². The van der Waals surface area contributed by atoms with Gasteiger partial charge in [-0.3, -0.25) is 4.79 Å². The van der Waals surface area contributed by atoms with Crippen molar-refractivity contribution in [2.45, 2.75) is 37.8 Å². The van der Waals surface area contributed by atoms with Crippen LogP contribution < -0.4 is 0 Å². The molecule has 1 aliphatic heterocycles. The zero-order valence-electron chi connectivity index (χ0n) is 9.88. The minimum atomic E-state index is -0.325. The highest BCUT2D eigenvalue weighted by Crippen LogP contribution is 2.31. The zero-order chi connectivity index (χ0) is 11.8. The van der Waals surface area contributed by atoms with Gasteiger partial charge < -0.3 is 14.6 Å². The van der Waals surface area contributed by atoms with Crippen LogP contribution in [0.4, 0.5) is 0 Å². The van der Waals surface area contributed by atoms with E-state index in [0.29, 0.717) is 19.1 Å². The Morgan fingerprint density at radius 2 is 2.00 bits per heavy atom. The maximum atomic E-state index is 12.2. The average Bonchev–Trinajstić information content (AvgIpc) is 2.92. The Kier molecular flexibility index (Phi) is 2.67. The number of hydrogen-bond acceptors (Lipinski definition) is 2. The molecule has 1 amide bonds. The van der Waals surface area contributed by atoms with E-state index in [2.05, 4.69) is 4.57 Å². The van der Waals surface area contributed by atoms with Crippen molar-refractivity contribution in [1.29, 1.82) is 0 Å². The zero-order valence-corrected chi connectivity index (χ0v) is 9.88. The van der Waals surface area contributed by atoms with Gasteiger partial charge in [0, 0.05) is 25.3 Å². The Balaban J connectivity index is 1.78. The predicted molar refractivity (Wildman–Crippen MR) is 63.8 cm³/mol. The predicted octanol–water partition coefficient (Wildman–Crippen LogP) is 1.42. The van der Waals surface area contributed by atoms with Crippen LogP contribution in [0.2, 0.25) is 0 Å². The van der Waals surface area contributed by atoms with Gasteiger partial charge in [0.1, 0.15) is 5.69 Å². The first-order valence-corrected chi connectivity index (χ1v) is 6.40. The molecule has 1 aromatic heterocycles. The lowest BCUT2D eigenvalue weighted by Gasteiger charge is -2.36. The molecule has 17 heavy (non-hydrogen) atoms. The largest absolute Gasteiger partial charge is 0.389 e. The molecule has 4 nitrogen and oxygen atoms in total. The number of aliphatic hydroxyl groups is 1. The van der Waals surface area contributed by atoms with Crippen molar-refractivity contribution in [2.75, 3.05) is 13.1 Å². The van der Waals surface area contributed by atoms with Crippen LogP contribution in [0.15, 0.2) is 18.3 Å². The molecular weight excluding hydrogens is 216 g/mol. The number of carbonyl (C=O) groups excluding carboxylic acids is 1. The summed E-state index contributed by atoms with van der Waals surface area (Å²) in [7, 11) is 0. The molecule has 2 fully saturated rings. The third kappa shape index (κ3) is 1.86. The van der Waals surface area contributed by atoms with Crippen molar-refractivity contribution in [2.24, 2.45) is 0 Å². The second-order valence-corrected chi connectivity index (χ2v) is 5.10. The van der Waals surface area contributed by atoms with E-state index >= 15 is 0 Å². The van der Waals surface area contributed by atoms with Gasteiger partial charge in [-0.15, -0.1) is 0 Å². The molecule has 0 spiro atoms. The third-order valence-electron chi connectivity index (χ3n) is 3.87. The van der Waals surface area contributed by atoms with Gasteiger partial charge in [0.2, 0.25) is 0 Å². The Bertz CT molecular complexity index is 415. The first-order valence-electron chi connectivity index (χ1n) is 6.40. The molecule has 92 valence electrons. The van der Waals surface area contributed by atoms with Crippen LogP contribution in [0, 0.1) is 0 Å². The molecule has 1 N–H and O–H groups in total. The summed E-state index contributed by atoms with van der Waals surface area (Å²) < 4.78 is 2.13. The second-order valence-electron chi connectivity index (χ2n) is 5.10. The molecule has 2 aliphatic rings. The lowest BCUT2D eigenvalue weighted by atomic mass is 10.1. The van der Waals surface area contributed by atoms with Gasteiger partial charge in [-0.25, -0.2) is 0 Å². The molecule has 0 atom stereocenters. The lowest BCUT2D eigenvalue weighted by molar-refractivity contribution is 0.00507. The molecule has 0 radical (unpaired) electrons. The van der Waals surface area contributed by atoms with Gasteiger partial charge in [-0.2, -0.15) is 0 Å². The second kappa shape index (κ2) is 4.18. The maximum absolute atomic E-state index is 12.2. The van der Waals surface area contributed by atoms with Crippen molar-refractivity contribution < 1.29 is 9.90 Å². The number of amides is 1. The van der Waals surface area contributed by atoms with E-state index in [1.54, 1.807) is 4.90 Å². The summed E-state index contributed by atoms with van der Waals surface area (Å²) in [5.41, 5.74) is 0.781. The Morgan fingerprint density at radius 1 is 1.29 bits per heavy atom. The number of nitrogens with zero attached hydrogens (tertiary/aromatic N) is 2. The first kappa shape index (κ1) is 10.8. The number of β-amino-alcohol motifs (C(OH)–C–C–N with tert-alkyl or cyclic N) is 1. The quantitative estimate of drug-likeness (QED) is 0.841. The van der Waals surface area contributed by atoms with Crippen LogP contribution in [0.5, 0.6) is 0 Å². The fourth-order valence-corrected chi connectivity index (χ4v) is 2.86. The Labute approximate surface area is 101 Å². The van der Waals surface area contributed by atoms with Crippen LogP contribution >= 0.6 is 0 Å². The highest BCUT2D eigenvalue weighted by molar-refractivity contribution is 5.93. The van der Waals surface area contributed by atoms with Crippen molar-refractivity contribution in [3.8, 4) is 0 Å². The number of rotatable bonds is 2. The average molecular weight is 234 g/mol. The summed E-state index contributed by atoms with van der Waals surface area (Å²) >= 11 is 0. The van der Waals surface area contributed by atoms with E-state index in [1.165, 1.54) is 25.7 Å². The van der Waals surface area contributed by atoms with Gasteiger partial charge in [-0.05, 0) is 25.0 Å². The van der Waals surface area contributed by atoms with Crippen LogP contribution in [0.3, 0.4) is 0 Å². The molecule has 3 rings (SSSR count). The van der Waals surface area contributed by atoms with Crippen LogP contribution in [0.25, 0.3) is 0 Å². The summed E-state index contributed by atoms with van der Waals surface area (Å²) in [6.07, 6.45) is 6.57. The summed E-state index contributed by atoms with van der Waals surface area (Å²) in [6, 6.07) is 4.34. The molecule has 0 unspecified atom stereocenters. The first-order chi connectivity index (χ1) is 8.25. The van der Waals surface area contributed by atoms with Gasteiger partial charge in [0.15, 0.2) is 0 Å². The summed E-state index contributed by atoms with van der Waals surface area (Å²) in [6.45, 7) is 0.962. The highest BCUT2D eigenvalue weighted by atomic mass is 16.3. The molecule has 1 aliphatic carbocycles. The minimum Gasteiger partial charge on any atom is -0.389 e. The summed E-state index contributed by atoms with van der Waals surface area (Å²) in [5, 5.41) is 9.24. The molecule has 0 aromatic carbocycles. The number of aliphatic hydroxyl groups excluding tert-OH is 1. The van der Waals surface area contributed by atoms with Crippen LogP contribution in [-0.2, 0) is 0 Å². The van der Waals surface area contributed by atoms with E-state index in [0.717, 1.165) is 5.69 Å². The van der Waals surface area contributed by atoms with Crippen molar-refractivity contribution in [1.82, 2.24) is 9.47 Å². The fraction of sp³-hybridized carbons (Fsp3) is 0.615. The molecule has 1 aromatic rings. The van der Waals surface area contributed by atoms with E-state index in [1.807, 2.05) is 18.3 Å². The van der Waals surface area contributed by atoms with E-state index in [4.69, 9.17) is 0 Å². The van der Waals surface area contributed by atoms with E-state index in [-0.39, 0.29) is 12.0 Å². The van der Waals surface area contributed by atoms with Crippen LogP contribution in [-0.4, -0.2) is 39.7 Å². The van der Waals surface area contributed by atoms with Gasteiger partial charge in [0.05, 0.1) is 6.10 Å². The molecule has 1 saturated carbocycles. The molecule has 2 heterocycles. The lowest BCUT2D eigenvalue weighted by Crippen LogP contribution is -2.53. The smallest absolute Gasteiger partial charge is 0.270 e. The highest BCUT2D eigenvalue weighted by Gasteiger charge is 2.31. The standard InChI is InChI=1S/C13H18N2O2/c16-11-8-14(9-11)13(17)12-6-3-7-15(12)10-4-1-2-5-10/h3,6-7,10-11,16H,1-2,4-5,8-9H2. The Hall–Kier alpha value is -1.29. The number of carbonyl (C=O) groups is 1. The molecule has 0 bridgehead atoms. The summed E-state index contributed by atoms with van der Waals surface area (Å²) in [5.74, 6) is 0.0622. The van der Waals surface area contributed by atoms with Crippen molar-refractivity contribution in [3.05, 3.63) is 24.0 Å². The van der Waals surface area contributed by atoms with Gasteiger partial charge >= 0.3 is 0 Å². The van der Waals surface area contributed by atoms with Crippen LogP contribution in [0.1, 0.15) is 42.2 Å². The van der Waals surface area contributed by atoms with Gasteiger partial charge in [0.25, 0.3) is 5.91 Å². The number of aromatic nitrogens is 1.